The van der Waals surface area contributed by atoms with E-state index in [1.54, 1.807) is 19.1 Å². The summed E-state index contributed by atoms with van der Waals surface area (Å²) in [5, 5.41) is 8.92. The second-order valence-corrected chi connectivity index (χ2v) is 4.65. The normalized spacial score (nSPS) is 14.5. The van der Waals surface area contributed by atoms with Crippen molar-refractivity contribution in [1.82, 2.24) is 4.90 Å². The number of hydrogen-bond donors (Lipinski definition) is 1. The van der Waals surface area contributed by atoms with Gasteiger partial charge >= 0.3 is 5.97 Å². The number of rotatable bonds is 6. The van der Waals surface area contributed by atoms with Crippen LogP contribution < -0.4 is 0 Å². The smallest absolute Gasteiger partial charge is 0.307 e. The van der Waals surface area contributed by atoms with E-state index in [1.807, 2.05) is 18.9 Å². The SMILES string of the molecule is CCC(c1ccc(F)cc1)N(C)CC(C)C(=O)O. The van der Waals surface area contributed by atoms with Gasteiger partial charge in [-0.2, -0.15) is 0 Å². The summed E-state index contributed by atoms with van der Waals surface area (Å²) in [5.41, 5.74) is 1.01. The van der Waals surface area contributed by atoms with Gasteiger partial charge in [-0.15, -0.1) is 0 Å². The number of aliphatic carboxylic acids is 1. The van der Waals surface area contributed by atoms with Crippen molar-refractivity contribution in [3.05, 3.63) is 35.6 Å². The first kappa shape index (κ1) is 14.6. The van der Waals surface area contributed by atoms with Crippen LogP contribution in [0.1, 0.15) is 31.9 Å². The topological polar surface area (TPSA) is 40.5 Å². The summed E-state index contributed by atoms with van der Waals surface area (Å²) >= 11 is 0. The van der Waals surface area contributed by atoms with Crippen LogP contribution in [0.3, 0.4) is 0 Å². The van der Waals surface area contributed by atoms with Crippen molar-refractivity contribution < 1.29 is 14.3 Å². The maximum Gasteiger partial charge on any atom is 0.307 e. The van der Waals surface area contributed by atoms with Crippen LogP contribution in [0, 0.1) is 11.7 Å². The van der Waals surface area contributed by atoms with Gasteiger partial charge in [-0.25, -0.2) is 4.39 Å². The second-order valence-electron chi connectivity index (χ2n) is 4.65. The third kappa shape index (κ3) is 3.81. The van der Waals surface area contributed by atoms with Crippen molar-refractivity contribution in [1.29, 1.82) is 0 Å². The Morgan fingerprint density at radius 1 is 1.39 bits per heavy atom. The number of nitrogens with zero attached hydrogens (tertiary/aromatic N) is 1. The Morgan fingerprint density at radius 3 is 2.39 bits per heavy atom. The highest BCUT2D eigenvalue weighted by Crippen LogP contribution is 2.23. The maximum atomic E-state index is 12.9. The molecule has 1 aromatic rings. The average molecular weight is 253 g/mol. The van der Waals surface area contributed by atoms with E-state index >= 15 is 0 Å². The van der Waals surface area contributed by atoms with E-state index in [0.29, 0.717) is 6.54 Å². The molecule has 0 heterocycles. The molecule has 1 N–H and O–H groups in total. The highest BCUT2D eigenvalue weighted by molar-refractivity contribution is 5.69. The number of carbonyl (C=O) groups is 1. The molecule has 4 heteroatoms. The van der Waals surface area contributed by atoms with E-state index in [1.165, 1.54) is 12.1 Å². The predicted molar refractivity (Wildman–Crippen MR) is 68.9 cm³/mol. The minimum atomic E-state index is -0.796. The molecule has 0 aliphatic rings. The summed E-state index contributed by atoms with van der Waals surface area (Å²) in [6, 6.07) is 6.50. The van der Waals surface area contributed by atoms with E-state index in [4.69, 9.17) is 5.11 Å². The second kappa shape index (κ2) is 6.50. The van der Waals surface area contributed by atoms with Crippen LogP contribution in [0.2, 0.25) is 0 Å². The molecule has 1 rings (SSSR count). The van der Waals surface area contributed by atoms with Crippen LogP contribution in [-0.4, -0.2) is 29.6 Å². The van der Waals surface area contributed by atoms with Crippen LogP contribution in [0.25, 0.3) is 0 Å². The molecule has 0 aliphatic carbocycles. The van der Waals surface area contributed by atoms with Gasteiger partial charge in [0.25, 0.3) is 0 Å². The highest BCUT2D eigenvalue weighted by Gasteiger charge is 2.20. The summed E-state index contributed by atoms with van der Waals surface area (Å²) in [5.74, 6) is -1.46. The minimum absolute atomic E-state index is 0.118. The van der Waals surface area contributed by atoms with Gasteiger partial charge in [0.1, 0.15) is 5.82 Å². The quantitative estimate of drug-likeness (QED) is 0.847. The molecule has 0 aliphatic heterocycles. The molecule has 2 unspecified atom stereocenters. The molecular formula is C14H20FNO2. The van der Waals surface area contributed by atoms with Crippen molar-refractivity contribution >= 4 is 5.97 Å². The van der Waals surface area contributed by atoms with Crippen molar-refractivity contribution in [3.63, 3.8) is 0 Å². The van der Waals surface area contributed by atoms with Gasteiger partial charge in [0, 0.05) is 12.6 Å². The van der Waals surface area contributed by atoms with Gasteiger partial charge < -0.3 is 5.11 Å². The molecule has 0 aromatic heterocycles. The Balaban J connectivity index is 2.76. The third-order valence-electron chi connectivity index (χ3n) is 3.16. The molecule has 0 spiro atoms. The van der Waals surface area contributed by atoms with Crippen LogP contribution in [-0.2, 0) is 4.79 Å². The van der Waals surface area contributed by atoms with Gasteiger partial charge in [-0.1, -0.05) is 26.0 Å². The molecule has 1 aromatic carbocycles. The molecule has 2 atom stereocenters. The molecule has 100 valence electrons. The van der Waals surface area contributed by atoms with E-state index in [0.717, 1.165) is 12.0 Å². The fraction of sp³-hybridized carbons (Fsp3) is 0.500. The lowest BCUT2D eigenvalue weighted by atomic mass is 10.0. The molecule has 18 heavy (non-hydrogen) atoms. The Kier molecular flexibility index (Phi) is 5.28. The summed E-state index contributed by atoms with van der Waals surface area (Å²) in [7, 11) is 1.90. The molecule has 0 bridgehead atoms. The Labute approximate surface area is 107 Å². The van der Waals surface area contributed by atoms with Crippen LogP contribution in [0.15, 0.2) is 24.3 Å². The lowest BCUT2D eigenvalue weighted by Gasteiger charge is -2.28. The lowest BCUT2D eigenvalue weighted by Crippen LogP contribution is -2.31. The maximum absolute atomic E-state index is 12.9. The van der Waals surface area contributed by atoms with Gasteiger partial charge in [0.05, 0.1) is 5.92 Å². The molecular weight excluding hydrogens is 233 g/mol. The lowest BCUT2D eigenvalue weighted by molar-refractivity contribution is -0.141. The fourth-order valence-electron chi connectivity index (χ4n) is 2.12. The summed E-state index contributed by atoms with van der Waals surface area (Å²) in [4.78, 5) is 12.9. The Bertz CT molecular complexity index is 391. The van der Waals surface area contributed by atoms with Crippen molar-refractivity contribution in [2.24, 2.45) is 5.92 Å². The van der Waals surface area contributed by atoms with Gasteiger partial charge in [0.15, 0.2) is 0 Å². The fourth-order valence-corrected chi connectivity index (χ4v) is 2.12. The minimum Gasteiger partial charge on any atom is -0.481 e. The number of carboxylic acid groups (broad SMARTS) is 1. The number of halogens is 1. The Morgan fingerprint density at radius 2 is 1.94 bits per heavy atom. The molecule has 3 nitrogen and oxygen atoms in total. The first-order chi connectivity index (χ1) is 8.45. The zero-order valence-corrected chi connectivity index (χ0v) is 11.1. The highest BCUT2D eigenvalue weighted by atomic mass is 19.1. The van der Waals surface area contributed by atoms with Crippen molar-refractivity contribution in [2.75, 3.05) is 13.6 Å². The molecule has 0 fully saturated rings. The van der Waals surface area contributed by atoms with Crippen LogP contribution in [0.5, 0.6) is 0 Å². The van der Waals surface area contributed by atoms with Gasteiger partial charge in [0.2, 0.25) is 0 Å². The summed E-state index contributed by atoms with van der Waals surface area (Å²) in [6.45, 7) is 4.21. The average Bonchev–Trinajstić information content (AvgIpc) is 2.32. The molecule has 0 saturated heterocycles. The largest absolute Gasteiger partial charge is 0.481 e. The van der Waals surface area contributed by atoms with Crippen LogP contribution in [0.4, 0.5) is 4.39 Å². The van der Waals surface area contributed by atoms with E-state index in [9.17, 15) is 9.18 Å². The summed E-state index contributed by atoms with van der Waals surface area (Å²) in [6.07, 6.45) is 0.856. The molecule has 0 amide bonds. The first-order valence-electron chi connectivity index (χ1n) is 6.14. The zero-order valence-electron chi connectivity index (χ0n) is 11.1. The van der Waals surface area contributed by atoms with E-state index < -0.39 is 11.9 Å². The predicted octanol–water partition coefficient (Wildman–Crippen LogP) is 2.93. The monoisotopic (exact) mass is 253 g/mol. The van der Waals surface area contributed by atoms with Crippen molar-refractivity contribution in [3.8, 4) is 0 Å². The van der Waals surface area contributed by atoms with Gasteiger partial charge in [-0.3, -0.25) is 9.69 Å². The van der Waals surface area contributed by atoms with E-state index in [-0.39, 0.29) is 11.9 Å². The Hall–Kier alpha value is -1.42. The zero-order chi connectivity index (χ0) is 13.7. The third-order valence-corrected chi connectivity index (χ3v) is 3.16. The number of hydrogen-bond acceptors (Lipinski definition) is 2. The molecule has 0 saturated carbocycles. The van der Waals surface area contributed by atoms with Crippen LogP contribution >= 0.6 is 0 Å². The van der Waals surface area contributed by atoms with Crippen molar-refractivity contribution in [2.45, 2.75) is 26.3 Å². The number of benzene rings is 1. The molecule has 0 radical (unpaired) electrons. The van der Waals surface area contributed by atoms with E-state index in [2.05, 4.69) is 0 Å². The first-order valence-corrected chi connectivity index (χ1v) is 6.14. The summed E-state index contributed by atoms with van der Waals surface area (Å²) < 4.78 is 12.9. The van der Waals surface area contributed by atoms with Gasteiger partial charge in [-0.05, 0) is 31.2 Å². The number of carboxylic acids is 1. The standard InChI is InChI=1S/C14H20FNO2/c1-4-13(11-5-7-12(15)8-6-11)16(3)9-10(2)14(17)18/h5-8,10,13H,4,9H2,1-3H3,(H,17,18).